The number of aliphatic hydroxyl groups excluding tert-OH is 1. The van der Waals surface area contributed by atoms with Gasteiger partial charge in [0.05, 0.1) is 6.10 Å². The molecule has 1 aromatic carbocycles. The third-order valence-electron chi connectivity index (χ3n) is 5.72. The number of pyridine rings is 1. The van der Waals surface area contributed by atoms with Gasteiger partial charge in [-0.05, 0) is 68.0 Å². The molecule has 1 N–H and O–H groups in total. The van der Waals surface area contributed by atoms with Crippen LogP contribution < -0.4 is 0 Å². The third kappa shape index (κ3) is 2.98. The molecule has 1 aliphatic carbocycles. The Morgan fingerprint density at radius 1 is 1.20 bits per heavy atom. The fraction of sp³-hybridized carbons (Fsp3) is 0.409. The summed E-state index contributed by atoms with van der Waals surface area (Å²) >= 11 is 0. The topological polar surface area (TPSA) is 38.0 Å². The van der Waals surface area contributed by atoms with E-state index in [1.807, 2.05) is 12.1 Å². The van der Waals surface area contributed by atoms with Crippen molar-refractivity contribution in [2.45, 2.75) is 51.0 Å². The molecule has 0 aliphatic heterocycles. The molecule has 25 heavy (non-hydrogen) atoms. The predicted octanol–water partition coefficient (Wildman–Crippen LogP) is 4.82. The van der Waals surface area contributed by atoms with Gasteiger partial charge in [0.25, 0.3) is 0 Å². The average molecular weight is 334 g/mol. The first-order chi connectivity index (χ1) is 12.1. The fourth-order valence-corrected chi connectivity index (χ4v) is 4.49. The second kappa shape index (κ2) is 6.64. The number of aryl methyl sites for hydroxylation is 3. The molecule has 0 radical (unpaired) electrons. The van der Waals surface area contributed by atoms with E-state index in [2.05, 4.69) is 41.7 Å². The minimum absolute atomic E-state index is 0.401. The Kier molecular flexibility index (Phi) is 4.34. The molecule has 3 aromatic rings. The number of aromatic nitrogens is 2. The number of hydrogen-bond donors (Lipinski definition) is 1. The Labute approximate surface area is 149 Å². The van der Waals surface area contributed by atoms with Crippen LogP contribution in [0.5, 0.6) is 0 Å². The van der Waals surface area contributed by atoms with Crippen LogP contribution >= 0.6 is 0 Å². The molecule has 0 spiro atoms. The van der Waals surface area contributed by atoms with E-state index >= 15 is 0 Å². The molecule has 1 aliphatic rings. The van der Waals surface area contributed by atoms with E-state index in [9.17, 15) is 5.11 Å². The molecule has 0 bridgehead atoms. The summed E-state index contributed by atoms with van der Waals surface area (Å²) in [6, 6.07) is 10.6. The minimum atomic E-state index is -0.432. The summed E-state index contributed by atoms with van der Waals surface area (Å²) < 4.78 is 2.37. The number of rotatable bonds is 3. The van der Waals surface area contributed by atoms with Gasteiger partial charge in [-0.3, -0.25) is 4.98 Å². The van der Waals surface area contributed by atoms with E-state index in [1.54, 1.807) is 12.4 Å². The number of hydrogen-bond acceptors (Lipinski definition) is 2. The molecule has 0 amide bonds. The third-order valence-corrected chi connectivity index (χ3v) is 5.72. The van der Waals surface area contributed by atoms with Gasteiger partial charge in [-0.1, -0.05) is 18.1 Å². The lowest BCUT2D eigenvalue weighted by Crippen LogP contribution is -2.10. The fourth-order valence-electron chi connectivity index (χ4n) is 4.49. The van der Waals surface area contributed by atoms with Gasteiger partial charge in [0.2, 0.25) is 0 Å². The highest BCUT2D eigenvalue weighted by molar-refractivity contribution is 5.86. The Bertz CT molecular complexity index is 882. The highest BCUT2D eigenvalue weighted by Crippen LogP contribution is 2.41. The van der Waals surface area contributed by atoms with Crippen LogP contribution in [0.1, 0.15) is 60.1 Å². The molecular formula is C22H26N2O. The van der Waals surface area contributed by atoms with Crippen LogP contribution in [0.2, 0.25) is 0 Å². The molecule has 2 atom stereocenters. The zero-order chi connectivity index (χ0) is 17.4. The molecular weight excluding hydrogens is 308 g/mol. The lowest BCUT2D eigenvalue weighted by Gasteiger charge is -2.21. The molecule has 0 fully saturated rings. The van der Waals surface area contributed by atoms with Crippen molar-refractivity contribution in [3.63, 3.8) is 0 Å². The van der Waals surface area contributed by atoms with E-state index in [0.717, 1.165) is 24.8 Å². The summed E-state index contributed by atoms with van der Waals surface area (Å²) in [6.07, 6.45) is 8.64. The Morgan fingerprint density at radius 2 is 2.00 bits per heavy atom. The normalized spacial score (nSPS) is 18.8. The van der Waals surface area contributed by atoms with E-state index in [4.69, 9.17) is 0 Å². The first kappa shape index (κ1) is 16.3. The van der Waals surface area contributed by atoms with Crippen LogP contribution in [0.15, 0.2) is 42.7 Å². The summed E-state index contributed by atoms with van der Waals surface area (Å²) in [5.74, 6) is 0.401. The van der Waals surface area contributed by atoms with Gasteiger partial charge in [0.1, 0.15) is 0 Å². The largest absolute Gasteiger partial charge is 0.388 e. The maximum absolute atomic E-state index is 10.8. The van der Waals surface area contributed by atoms with E-state index in [0.29, 0.717) is 5.92 Å². The lowest BCUT2D eigenvalue weighted by molar-refractivity contribution is 0.154. The van der Waals surface area contributed by atoms with Gasteiger partial charge in [0, 0.05) is 42.0 Å². The number of aliphatic hydroxyl groups is 1. The number of nitrogens with zero attached hydrogens (tertiary/aromatic N) is 2. The second-order valence-corrected chi connectivity index (χ2v) is 7.42. The molecule has 4 rings (SSSR count). The first-order valence-electron chi connectivity index (χ1n) is 9.31. The van der Waals surface area contributed by atoms with Crippen LogP contribution in [-0.2, 0) is 13.5 Å². The van der Waals surface area contributed by atoms with E-state index in [-0.39, 0.29) is 0 Å². The van der Waals surface area contributed by atoms with Crippen molar-refractivity contribution in [3.05, 3.63) is 65.1 Å². The predicted molar refractivity (Wildman–Crippen MR) is 102 cm³/mol. The Morgan fingerprint density at radius 3 is 2.80 bits per heavy atom. The minimum Gasteiger partial charge on any atom is -0.388 e. The highest BCUT2D eigenvalue weighted by Gasteiger charge is 2.27. The van der Waals surface area contributed by atoms with Crippen LogP contribution in [-0.4, -0.2) is 14.7 Å². The zero-order valence-corrected chi connectivity index (χ0v) is 15.1. The summed E-state index contributed by atoms with van der Waals surface area (Å²) in [4.78, 5) is 4.06. The Balaban J connectivity index is 1.75. The first-order valence-corrected chi connectivity index (χ1v) is 9.31. The quantitative estimate of drug-likeness (QED) is 0.698. The van der Waals surface area contributed by atoms with Gasteiger partial charge < -0.3 is 9.67 Å². The molecule has 0 saturated carbocycles. The maximum atomic E-state index is 10.8. The number of benzene rings is 1. The summed E-state index contributed by atoms with van der Waals surface area (Å²) in [5, 5.41) is 12.2. The smallest absolute Gasteiger partial charge is 0.0797 e. The molecule has 2 aromatic heterocycles. The SMILES string of the molecule is Cc1ccc2c(c1)c1c(n2C)C(CC(O)c2ccncc2)CCCC1. The van der Waals surface area contributed by atoms with Gasteiger partial charge >= 0.3 is 0 Å². The van der Waals surface area contributed by atoms with Crippen molar-refractivity contribution in [3.8, 4) is 0 Å². The zero-order valence-electron chi connectivity index (χ0n) is 15.1. The van der Waals surface area contributed by atoms with Crippen LogP contribution in [0, 0.1) is 6.92 Å². The highest BCUT2D eigenvalue weighted by atomic mass is 16.3. The van der Waals surface area contributed by atoms with Crippen molar-refractivity contribution in [2.75, 3.05) is 0 Å². The van der Waals surface area contributed by atoms with Crippen molar-refractivity contribution in [1.82, 2.24) is 9.55 Å². The molecule has 0 saturated heterocycles. The monoisotopic (exact) mass is 334 g/mol. The van der Waals surface area contributed by atoms with E-state index < -0.39 is 6.10 Å². The van der Waals surface area contributed by atoms with Crippen LogP contribution in [0.4, 0.5) is 0 Å². The summed E-state index contributed by atoms with van der Waals surface area (Å²) in [5.41, 5.74) is 6.55. The molecule has 2 unspecified atom stereocenters. The van der Waals surface area contributed by atoms with Gasteiger partial charge in [-0.25, -0.2) is 0 Å². The average Bonchev–Trinajstić information content (AvgIpc) is 2.77. The standard InChI is InChI=1S/C22H26N2O/c1-15-7-8-20-19(13-15)18-6-4-3-5-17(22(18)24(20)2)14-21(25)16-9-11-23-12-10-16/h7-13,17,21,25H,3-6,14H2,1-2H3. The van der Waals surface area contributed by atoms with Gasteiger partial charge in [-0.2, -0.15) is 0 Å². The van der Waals surface area contributed by atoms with Crippen molar-refractivity contribution < 1.29 is 5.11 Å². The molecule has 3 heteroatoms. The summed E-state index contributed by atoms with van der Waals surface area (Å²) in [7, 11) is 2.19. The molecule has 3 nitrogen and oxygen atoms in total. The number of fused-ring (bicyclic) bond motifs is 3. The van der Waals surface area contributed by atoms with Crippen LogP contribution in [0.25, 0.3) is 10.9 Å². The van der Waals surface area contributed by atoms with Crippen molar-refractivity contribution in [2.24, 2.45) is 7.05 Å². The molecule has 2 heterocycles. The second-order valence-electron chi connectivity index (χ2n) is 7.42. The summed E-state index contributed by atoms with van der Waals surface area (Å²) in [6.45, 7) is 2.17. The van der Waals surface area contributed by atoms with Crippen LogP contribution in [0.3, 0.4) is 0 Å². The lowest BCUT2D eigenvalue weighted by atomic mass is 9.90. The Hall–Kier alpha value is -2.13. The van der Waals surface area contributed by atoms with Crippen molar-refractivity contribution >= 4 is 10.9 Å². The van der Waals surface area contributed by atoms with Gasteiger partial charge in [-0.15, -0.1) is 0 Å². The van der Waals surface area contributed by atoms with Crippen molar-refractivity contribution in [1.29, 1.82) is 0 Å². The van der Waals surface area contributed by atoms with Gasteiger partial charge in [0.15, 0.2) is 0 Å². The van der Waals surface area contributed by atoms with E-state index in [1.165, 1.54) is 40.6 Å². The molecule has 130 valence electrons. The maximum Gasteiger partial charge on any atom is 0.0797 e.